The maximum atomic E-state index is 12.4. The van der Waals surface area contributed by atoms with E-state index in [0.717, 1.165) is 12.3 Å². The zero-order valence-corrected chi connectivity index (χ0v) is 9.72. The predicted octanol–water partition coefficient (Wildman–Crippen LogP) is 2.16. The van der Waals surface area contributed by atoms with E-state index in [0.29, 0.717) is 0 Å². The molecule has 0 bridgehead atoms. The van der Waals surface area contributed by atoms with Crippen molar-refractivity contribution in [3.8, 4) is 0 Å². The first-order chi connectivity index (χ1) is 7.97. The summed E-state index contributed by atoms with van der Waals surface area (Å²) in [6.07, 6.45) is -3.45. The van der Waals surface area contributed by atoms with Crippen LogP contribution in [-0.4, -0.2) is 35.6 Å². The zero-order chi connectivity index (χ0) is 12.9. The van der Waals surface area contributed by atoms with E-state index < -0.39 is 11.9 Å². The maximum Gasteiger partial charge on any atom is 0.433 e. The van der Waals surface area contributed by atoms with E-state index >= 15 is 0 Å². The number of anilines is 1. The molecule has 1 atom stereocenters. The first-order valence-corrected chi connectivity index (χ1v) is 5.22. The van der Waals surface area contributed by atoms with Crippen LogP contribution in [-0.2, 0) is 10.9 Å². The van der Waals surface area contributed by atoms with Gasteiger partial charge in [-0.2, -0.15) is 13.2 Å². The summed E-state index contributed by atoms with van der Waals surface area (Å²) in [5, 5.41) is 2.66. The molecule has 4 nitrogen and oxygen atoms in total. The third-order valence-electron chi connectivity index (χ3n) is 1.83. The fourth-order valence-electron chi connectivity index (χ4n) is 1.09. The van der Waals surface area contributed by atoms with Gasteiger partial charge in [0.05, 0.1) is 12.6 Å². The first kappa shape index (κ1) is 14.0. The molecule has 0 aliphatic rings. The van der Waals surface area contributed by atoms with Crippen molar-refractivity contribution in [2.24, 2.45) is 0 Å². The molecule has 1 unspecified atom stereocenters. The molecule has 0 radical (unpaired) electrons. The largest absolute Gasteiger partial charge is 0.433 e. The molecule has 1 rings (SSSR count). The number of rotatable bonds is 5. The molecular formula is C9H11ClF3N3O. The van der Waals surface area contributed by atoms with Gasteiger partial charge in [0.1, 0.15) is 5.69 Å². The molecule has 0 saturated heterocycles. The van der Waals surface area contributed by atoms with Crippen molar-refractivity contribution in [3.63, 3.8) is 0 Å². The summed E-state index contributed by atoms with van der Waals surface area (Å²) in [7, 11) is 1.47. The molecule has 0 aromatic carbocycles. The van der Waals surface area contributed by atoms with Gasteiger partial charge in [0.2, 0.25) is 5.95 Å². The second-order valence-corrected chi connectivity index (χ2v) is 3.52. The van der Waals surface area contributed by atoms with Crippen LogP contribution in [0.1, 0.15) is 5.69 Å². The zero-order valence-electron chi connectivity index (χ0n) is 8.96. The van der Waals surface area contributed by atoms with Gasteiger partial charge in [0, 0.05) is 19.2 Å². The molecular weight excluding hydrogens is 259 g/mol. The molecule has 1 aromatic heterocycles. The lowest BCUT2D eigenvalue weighted by atomic mass is 10.3. The second-order valence-electron chi connectivity index (χ2n) is 3.21. The van der Waals surface area contributed by atoms with Crippen LogP contribution in [0.4, 0.5) is 19.1 Å². The highest BCUT2D eigenvalue weighted by Gasteiger charge is 2.32. The lowest BCUT2D eigenvalue weighted by Crippen LogP contribution is -2.28. The van der Waals surface area contributed by atoms with Crippen molar-refractivity contribution in [2.75, 3.05) is 24.9 Å². The van der Waals surface area contributed by atoms with E-state index in [2.05, 4.69) is 15.3 Å². The van der Waals surface area contributed by atoms with E-state index in [1.165, 1.54) is 7.11 Å². The number of aromatic nitrogens is 2. The van der Waals surface area contributed by atoms with Gasteiger partial charge in [-0.3, -0.25) is 0 Å². The molecule has 0 saturated carbocycles. The van der Waals surface area contributed by atoms with Gasteiger partial charge in [-0.25, -0.2) is 9.97 Å². The highest BCUT2D eigenvalue weighted by atomic mass is 35.5. The highest BCUT2D eigenvalue weighted by molar-refractivity contribution is 6.18. The van der Waals surface area contributed by atoms with E-state index in [-0.39, 0.29) is 24.5 Å². The van der Waals surface area contributed by atoms with Gasteiger partial charge in [0.25, 0.3) is 0 Å². The Morgan fingerprint density at radius 1 is 1.53 bits per heavy atom. The number of ether oxygens (including phenoxy) is 1. The molecule has 0 amide bonds. The molecule has 1 N–H and O–H groups in total. The Bertz CT molecular complexity index is 362. The summed E-state index contributed by atoms with van der Waals surface area (Å²) in [5.41, 5.74) is -0.999. The summed E-state index contributed by atoms with van der Waals surface area (Å²) in [6.45, 7) is 0.253. The minimum atomic E-state index is -4.49. The molecule has 1 heterocycles. The number of hydrogen-bond acceptors (Lipinski definition) is 4. The van der Waals surface area contributed by atoms with Crippen LogP contribution in [0.25, 0.3) is 0 Å². The average molecular weight is 270 g/mol. The quantitative estimate of drug-likeness (QED) is 0.832. The van der Waals surface area contributed by atoms with Crippen LogP contribution in [0.2, 0.25) is 0 Å². The molecule has 1 aromatic rings. The summed E-state index contributed by atoms with van der Waals surface area (Å²) < 4.78 is 41.9. The van der Waals surface area contributed by atoms with Crippen molar-refractivity contribution in [2.45, 2.75) is 12.2 Å². The molecule has 17 heavy (non-hydrogen) atoms. The van der Waals surface area contributed by atoms with E-state index in [1.54, 1.807) is 0 Å². The van der Waals surface area contributed by atoms with Gasteiger partial charge < -0.3 is 10.1 Å². The van der Waals surface area contributed by atoms with E-state index in [1.807, 2.05) is 0 Å². The van der Waals surface area contributed by atoms with Crippen LogP contribution >= 0.6 is 11.6 Å². The van der Waals surface area contributed by atoms with Crippen LogP contribution in [0.15, 0.2) is 12.3 Å². The maximum absolute atomic E-state index is 12.4. The molecule has 0 fully saturated rings. The van der Waals surface area contributed by atoms with Crippen molar-refractivity contribution in [3.05, 3.63) is 18.0 Å². The fraction of sp³-hybridized carbons (Fsp3) is 0.556. The minimum Gasteiger partial charge on any atom is -0.383 e. The van der Waals surface area contributed by atoms with E-state index in [9.17, 15) is 13.2 Å². The summed E-state index contributed by atoms with van der Waals surface area (Å²) in [5.74, 6) is 0.0514. The van der Waals surface area contributed by atoms with Crippen LogP contribution in [0.5, 0.6) is 0 Å². The van der Waals surface area contributed by atoms with Crippen molar-refractivity contribution >= 4 is 17.5 Å². The highest BCUT2D eigenvalue weighted by Crippen LogP contribution is 2.27. The fourth-order valence-corrected chi connectivity index (χ4v) is 1.26. The third-order valence-corrected chi connectivity index (χ3v) is 2.21. The lowest BCUT2D eigenvalue weighted by Gasteiger charge is -2.15. The normalized spacial score (nSPS) is 13.5. The standard InChI is InChI=1S/C9H11ClF3N3O/c1-17-5-6(4-10)15-8-14-3-2-7(16-8)9(11,12)13/h2-3,6H,4-5H2,1H3,(H,14,15,16). The van der Waals surface area contributed by atoms with Crippen LogP contribution < -0.4 is 5.32 Å². The number of nitrogens with zero attached hydrogens (tertiary/aromatic N) is 2. The van der Waals surface area contributed by atoms with E-state index in [4.69, 9.17) is 16.3 Å². The topological polar surface area (TPSA) is 47.0 Å². The Hall–Kier alpha value is -1.08. The van der Waals surface area contributed by atoms with Crippen LogP contribution in [0.3, 0.4) is 0 Å². The summed E-state index contributed by atoms with van der Waals surface area (Å²) in [4.78, 5) is 7.04. The van der Waals surface area contributed by atoms with Crippen molar-refractivity contribution in [1.82, 2.24) is 9.97 Å². The predicted molar refractivity (Wildman–Crippen MR) is 57.0 cm³/mol. The van der Waals surface area contributed by atoms with Crippen LogP contribution in [0, 0.1) is 0 Å². The van der Waals surface area contributed by atoms with Gasteiger partial charge in [0.15, 0.2) is 0 Å². The molecule has 0 aliphatic carbocycles. The molecule has 0 spiro atoms. The Balaban J connectivity index is 2.78. The van der Waals surface area contributed by atoms with Gasteiger partial charge in [-0.05, 0) is 6.07 Å². The molecule has 0 aliphatic heterocycles. The Morgan fingerprint density at radius 2 is 2.24 bits per heavy atom. The minimum absolute atomic E-state index is 0.123. The Labute approximate surface area is 101 Å². The first-order valence-electron chi connectivity index (χ1n) is 4.69. The van der Waals surface area contributed by atoms with Gasteiger partial charge in [-0.1, -0.05) is 0 Å². The monoisotopic (exact) mass is 269 g/mol. The number of alkyl halides is 4. The SMILES string of the molecule is COCC(CCl)Nc1nccc(C(F)(F)F)n1. The number of methoxy groups -OCH3 is 1. The summed E-state index contributed by atoms with van der Waals surface area (Å²) in [6, 6.07) is 0.460. The average Bonchev–Trinajstić information content (AvgIpc) is 2.28. The van der Waals surface area contributed by atoms with Crippen molar-refractivity contribution < 1.29 is 17.9 Å². The third kappa shape index (κ3) is 4.35. The Morgan fingerprint density at radius 3 is 2.76 bits per heavy atom. The van der Waals surface area contributed by atoms with Gasteiger partial charge in [-0.15, -0.1) is 11.6 Å². The second kappa shape index (κ2) is 6.02. The summed E-state index contributed by atoms with van der Waals surface area (Å²) >= 11 is 5.61. The van der Waals surface area contributed by atoms with Gasteiger partial charge >= 0.3 is 6.18 Å². The molecule has 8 heteroatoms. The number of hydrogen-bond donors (Lipinski definition) is 1. The Kier molecular flexibility index (Phi) is 4.95. The molecule has 96 valence electrons. The number of nitrogens with one attached hydrogen (secondary N) is 1. The smallest absolute Gasteiger partial charge is 0.383 e. The number of halogens is 4. The lowest BCUT2D eigenvalue weighted by molar-refractivity contribution is -0.141. The van der Waals surface area contributed by atoms with Crippen molar-refractivity contribution in [1.29, 1.82) is 0 Å².